The van der Waals surface area contributed by atoms with Crippen LogP contribution in [0.1, 0.15) is 0 Å². The van der Waals surface area contributed by atoms with E-state index in [-0.39, 0.29) is 0 Å². The van der Waals surface area contributed by atoms with Crippen LogP contribution >= 0.6 is 11.3 Å². The Labute approximate surface area is 354 Å². The number of hydrogen-bond acceptors (Lipinski definition) is 3. The second kappa shape index (κ2) is 13.3. The number of para-hydroxylation sites is 3. The lowest BCUT2D eigenvalue weighted by Gasteiger charge is -2.13. The van der Waals surface area contributed by atoms with Crippen LogP contribution in [0.2, 0.25) is 0 Å². The zero-order valence-corrected chi connectivity index (χ0v) is 33.6. The molecule has 0 saturated heterocycles. The van der Waals surface area contributed by atoms with Gasteiger partial charge in [0.05, 0.1) is 38.2 Å². The van der Waals surface area contributed by atoms with Gasteiger partial charge in [-0.2, -0.15) is 0 Å². The summed E-state index contributed by atoms with van der Waals surface area (Å²) < 4.78 is 7.20. The number of rotatable bonds is 5. The number of benzene rings is 9. The van der Waals surface area contributed by atoms with Gasteiger partial charge in [-0.25, -0.2) is 9.97 Å². The number of thiophene rings is 1. The summed E-state index contributed by atoms with van der Waals surface area (Å²) in [6.07, 6.45) is 0. The fraction of sp³-hybridized carbons (Fsp3) is 0. The van der Waals surface area contributed by atoms with Crippen molar-refractivity contribution < 1.29 is 0 Å². The van der Waals surface area contributed by atoms with Gasteiger partial charge in [0.15, 0.2) is 0 Å². The second-order valence-electron chi connectivity index (χ2n) is 15.7. The molecule has 0 bridgehead atoms. The van der Waals surface area contributed by atoms with E-state index in [2.05, 4.69) is 215 Å². The molecule has 0 aliphatic carbocycles. The average molecular weight is 795 g/mol. The van der Waals surface area contributed by atoms with Gasteiger partial charge in [0.25, 0.3) is 0 Å². The van der Waals surface area contributed by atoms with Gasteiger partial charge in [-0.1, -0.05) is 158 Å². The molecule has 4 heterocycles. The summed E-state index contributed by atoms with van der Waals surface area (Å²) in [6.45, 7) is 0. The number of fused-ring (bicyclic) bond motifs is 13. The SMILES string of the molecule is c1ccc(-c2ccc(-c3cc(-c4ccc5c(c4)c4ccccc4n5-c4ccccc4)nc(-n4c5ccccc5c5c6ccccc6c6c7ccccc7sc6c54)n3)cc2)cc1. The summed E-state index contributed by atoms with van der Waals surface area (Å²) in [4.78, 5) is 11.1. The Hall–Kier alpha value is -7.86. The summed E-state index contributed by atoms with van der Waals surface area (Å²) >= 11 is 1.85. The smallest absolute Gasteiger partial charge is 0.235 e. The van der Waals surface area contributed by atoms with Crippen LogP contribution in [0, 0.1) is 0 Å². The fourth-order valence-corrected chi connectivity index (χ4v) is 10.9. The molecule has 0 fully saturated rings. The van der Waals surface area contributed by atoms with E-state index < -0.39 is 0 Å². The highest BCUT2D eigenvalue weighted by atomic mass is 32.1. The van der Waals surface area contributed by atoms with Crippen molar-refractivity contribution in [2.24, 2.45) is 0 Å². The number of nitrogens with zero attached hydrogens (tertiary/aromatic N) is 4. The van der Waals surface area contributed by atoms with Crippen LogP contribution in [0.5, 0.6) is 0 Å². The molecule has 0 aliphatic rings. The Morgan fingerprint density at radius 1 is 0.344 bits per heavy atom. The normalized spacial score (nSPS) is 11.9. The zero-order chi connectivity index (χ0) is 40.0. The maximum atomic E-state index is 5.58. The molecule has 4 aromatic heterocycles. The lowest BCUT2D eigenvalue weighted by atomic mass is 9.99. The van der Waals surface area contributed by atoms with Crippen molar-refractivity contribution in [3.05, 3.63) is 206 Å². The van der Waals surface area contributed by atoms with E-state index in [0.717, 1.165) is 44.8 Å². The first-order chi connectivity index (χ1) is 30.3. The summed E-state index contributed by atoms with van der Waals surface area (Å²) in [5.41, 5.74) is 11.8. The predicted octanol–water partition coefficient (Wildman–Crippen LogP) is 15.2. The van der Waals surface area contributed by atoms with Crippen LogP contribution in [0.4, 0.5) is 0 Å². The summed E-state index contributed by atoms with van der Waals surface area (Å²) in [5, 5.41) is 9.85. The third-order valence-corrected chi connectivity index (χ3v) is 13.5. The molecule has 0 atom stereocenters. The van der Waals surface area contributed by atoms with E-state index in [0.29, 0.717) is 5.95 Å². The molecule has 0 spiro atoms. The number of aromatic nitrogens is 4. The number of hydrogen-bond donors (Lipinski definition) is 0. The Morgan fingerprint density at radius 3 is 1.62 bits per heavy atom. The van der Waals surface area contributed by atoms with E-state index in [1.165, 1.54) is 69.1 Å². The first-order valence-corrected chi connectivity index (χ1v) is 21.5. The van der Waals surface area contributed by atoms with E-state index in [1.807, 2.05) is 11.3 Å². The molecule has 13 rings (SSSR count). The van der Waals surface area contributed by atoms with Gasteiger partial charge < -0.3 is 4.57 Å². The van der Waals surface area contributed by atoms with Crippen molar-refractivity contribution in [3.63, 3.8) is 0 Å². The Kier molecular flexibility index (Phi) is 7.44. The third kappa shape index (κ3) is 5.18. The highest BCUT2D eigenvalue weighted by Crippen LogP contribution is 2.48. The molecule has 0 radical (unpaired) electrons. The van der Waals surface area contributed by atoms with Gasteiger partial charge in [0.2, 0.25) is 5.95 Å². The monoisotopic (exact) mass is 794 g/mol. The molecule has 0 saturated carbocycles. The van der Waals surface area contributed by atoms with Crippen molar-refractivity contribution in [2.75, 3.05) is 0 Å². The van der Waals surface area contributed by atoms with E-state index in [9.17, 15) is 0 Å². The van der Waals surface area contributed by atoms with Crippen LogP contribution in [-0.2, 0) is 0 Å². The summed E-state index contributed by atoms with van der Waals surface area (Å²) in [5.74, 6) is 0.645. The van der Waals surface area contributed by atoms with Crippen molar-refractivity contribution in [3.8, 4) is 45.3 Å². The first kappa shape index (κ1) is 34.0. The molecule has 13 aromatic rings. The van der Waals surface area contributed by atoms with Gasteiger partial charge in [-0.05, 0) is 70.4 Å². The average Bonchev–Trinajstić information content (AvgIpc) is 4.00. The van der Waals surface area contributed by atoms with Gasteiger partial charge in [-0.3, -0.25) is 4.57 Å². The molecule has 0 aliphatic heterocycles. The molecule has 0 amide bonds. The van der Waals surface area contributed by atoms with Gasteiger partial charge >= 0.3 is 0 Å². The maximum Gasteiger partial charge on any atom is 0.235 e. The van der Waals surface area contributed by atoms with Crippen LogP contribution in [0.25, 0.3) is 120 Å². The minimum Gasteiger partial charge on any atom is -0.309 e. The van der Waals surface area contributed by atoms with Gasteiger partial charge in [0.1, 0.15) is 0 Å². The summed E-state index contributed by atoms with van der Waals surface area (Å²) in [7, 11) is 0. The van der Waals surface area contributed by atoms with Crippen molar-refractivity contribution in [2.45, 2.75) is 0 Å². The largest absolute Gasteiger partial charge is 0.309 e. The topological polar surface area (TPSA) is 35.6 Å². The molecule has 4 nitrogen and oxygen atoms in total. The minimum absolute atomic E-state index is 0.645. The fourth-order valence-electron chi connectivity index (χ4n) is 9.62. The van der Waals surface area contributed by atoms with Crippen molar-refractivity contribution >= 4 is 85.9 Å². The highest BCUT2D eigenvalue weighted by Gasteiger charge is 2.24. The molecule has 61 heavy (non-hydrogen) atoms. The summed E-state index contributed by atoms with van der Waals surface area (Å²) in [6, 6.07) is 74.0. The van der Waals surface area contributed by atoms with E-state index in [4.69, 9.17) is 9.97 Å². The van der Waals surface area contributed by atoms with Crippen LogP contribution < -0.4 is 0 Å². The van der Waals surface area contributed by atoms with Crippen LogP contribution in [0.3, 0.4) is 0 Å². The first-order valence-electron chi connectivity index (χ1n) is 20.7. The Bertz CT molecular complexity index is 3860. The molecular weight excluding hydrogens is 761 g/mol. The van der Waals surface area contributed by atoms with Crippen LogP contribution in [-0.4, -0.2) is 19.1 Å². The quantitative estimate of drug-likeness (QED) is 0.174. The van der Waals surface area contributed by atoms with Gasteiger partial charge in [-0.15, -0.1) is 11.3 Å². The standard InChI is InChI=1S/C56H34N4S/c1-3-15-35(16-4-1)36-27-29-37(30-28-36)46-34-47(38-31-32-50-45(33-38)40-19-9-12-24-48(40)59(50)39-17-5-2-6-18-39)58-56(57-46)60-49-25-13-10-22-43(49)52-41-20-7-8-21-42(41)53-44-23-11-14-26-51(44)61-55(53)54(52)60/h1-34H. The van der Waals surface area contributed by atoms with Crippen molar-refractivity contribution in [1.29, 1.82) is 0 Å². The zero-order valence-electron chi connectivity index (χ0n) is 32.8. The van der Waals surface area contributed by atoms with E-state index >= 15 is 0 Å². The second-order valence-corrected chi connectivity index (χ2v) is 16.8. The highest BCUT2D eigenvalue weighted by molar-refractivity contribution is 7.27. The lowest BCUT2D eigenvalue weighted by Crippen LogP contribution is -2.04. The Morgan fingerprint density at radius 2 is 0.869 bits per heavy atom. The lowest BCUT2D eigenvalue weighted by molar-refractivity contribution is 0.999. The molecular formula is C56H34N4S. The molecule has 9 aromatic carbocycles. The maximum absolute atomic E-state index is 5.58. The molecule has 0 N–H and O–H groups in total. The molecule has 284 valence electrons. The van der Waals surface area contributed by atoms with Crippen molar-refractivity contribution in [1.82, 2.24) is 19.1 Å². The minimum atomic E-state index is 0.645. The van der Waals surface area contributed by atoms with E-state index in [1.54, 1.807) is 0 Å². The third-order valence-electron chi connectivity index (χ3n) is 12.3. The Balaban J connectivity index is 1.11. The predicted molar refractivity (Wildman–Crippen MR) is 257 cm³/mol. The van der Waals surface area contributed by atoms with Crippen LogP contribution in [0.15, 0.2) is 206 Å². The molecule has 0 unspecified atom stereocenters. The molecule has 5 heteroatoms. The van der Waals surface area contributed by atoms with Gasteiger partial charge in [0, 0.05) is 53.8 Å².